The van der Waals surface area contributed by atoms with Crippen molar-refractivity contribution in [1.82, 2.24) is 4.90 Å². The van der Waals surface area contributed by atoms with Crippen LogP contribution in [0.1, 0.15) is 6.92 Å². The number of carboxylic acids is 1. The Hall–Kier alpha value is -2.45. The number of rotatable bonds is 5. The van der Waals surface area contributed by atoms with Gasteiger partial charge >= 0.3 is 18.4 Å². The third-order valence-corrected chi connectivity index (χ3v) is 2.33. The highest BCUT2D eigenvalue weighted by Gasteiger charge is 2.31. The van der Waals surface area contributed by atoms with Crippen LogP contribution in [0, 0.1) is 0 Å². The smallest absolute Gasteiger partial charge is 0.480 e. The first kappa shape index (κ1) is 16.6. The van der Waals surface area contributed by atoms with Crippen molar-refractivity contribution >= 4 is 17.7 Å². The van der Waals surface area contributed by atoms with Crippen LogP contribution >= 0.6 is 0 Å². The van der Waals surface area contributed by atoms with Gasteiger partial charge in [0.25, 0.3) is 0 Å². The van der Waals surface area contributed by atoms with E-state index in [0.29, 0.717) is 0 Å². The monoisotopic (exact) mass is 306 g/mol. The van der Waals surface area contributed by atoms with Crippen molar-refractivity contribution in [3.63, 3.8) is 0 Å². The van der Waals surface area contributed by atoms with E-state index < -0.39 is 30.7 Å². The fourth-order valence-corrected chi connectivity index (χ4v) is 1.43. The number of carbonyl (C=O) groups excluding carboxylic acids is 1. The van der Waals surface area contributed by atoms with Crippen LogP contribution in [0.25, 0.3) is 0 Å². The number of likely N-dealkylation sites (N-methyl/N-ethyl adjacent to an activating group) is 1. The van der Waals surface area contributed by atoms with E-state index in [4.69, 9.17) is 5.11 Å². The predicted molar refractivity (Wildman–Crippen MR) is 67.0 cm³/mol. The normalized spacial score (nSPS) is 10.9. The van der Waals surface area contributed by atoms with Crippen molar-refractivity contribution in [1.29, 1.82) is 0 Å². The maximum Gasteiger partial charge on any atom is 0.573 e. The van der Waals surface area contributed by atoms with Crippen molar-refractivity contribution < 1.29 is 32.6 Å². The lowest BCUT2D eigenvalue weighted by Crippen LogP contribution is -2.38. The first-order valence-corrected chi connectivity index (χ1v) is 5.85. The Labute approximate surface area is 118 Å². The van der Waals surface area contributed by atoms with Crippen LogP contribution in [-0.4, -0.2) is 41.5 Å². The molecule has 2 N–H and O–H groups in total. The van der Waals surface area contributed by atoms with Gasteiger partial charge < -0.3 is 20.1 Å². The largest absolute Gasteiger partial charge is 0.573 e. The third kappa shape index (κ3) is 6.02. The molecule has 6 nitrogen and oxygen atoms in total. The Balaban J connectivity index is 2.66. The second-order valence-electron chi connectivity index (χ2n) is 3.91. The summed E-state index contributed by atoms with van der Waals surface area (Å²) in [6.07, 6.45) is -4.79. The van der Waals surface area contributed by atoms with E-state index in [1.807, 2.05) is 0 Å². The number of carbonyl (C=O) groups is 2. The molecule has 0 aliphatic rings. The average molecular weight is 306 g/mol. The highest BCUT2D eigenvalue weighted by atomic mass is 19.4. The maximum absolute atomic E-state index is 12.0. The van der Waals surface area contributed by atoms with Crippen LogP contribution in [0.15, 0.2) is 24.3 Å². The van der Waals surface area contributed by atoms with Gasteiger partial charge in [-0.15, -0.1) is 13.2 Å². The number of hydrogen-bond donors (Lipinski definition) is 2. The van der Waals surface area contributed by atoms with E-state index in [-0.39, 0.29) is 12.2 Å². The molecule has 9 heteroatoms. The lowest BCUT2D eigenvalue weighted by atomic mass is 10.3. The first-order valence-electron chi connectivity index (χ1n) is 5.85. The zero-order valence-corrected chi connectivity index (χ0v) is 11.0. The molecule has 0 saturated heterocycles. The number of hydrogen-bond acceptors (Lipinski definition) is 3. The Morgan fingerprint density at radius 3 is 2.29 bits per heavy atom. The van der Waals surface area contributed by atoms with Crippen molar-refractivity contribution in [3.8, 4) is 5.75 Å². The number of nitrogens with zero attached hydrogens (tertiary/aromatic N) is 1. The topological polar surface area (TPSA) is 78.9 Å². The summed E-state index contributed by atoms with van der Waals surface area (Å²) < 4.78 is 39.6. The molecule has 0 spiro atoms. The molecule has 1 aromatic rings. The first-order chi connectivity index (χ1) is 9.71. The standard InChI is InChI=1S/C12H13F3N2O4/c1-2-17(7-10(18)19)11(20)16-8-3-5-9(6-4-8)21-12(13,14)15/h3-6H,2,7H2,1H3,(H,16,20)(H,18,19). The van der Waals surface area contributed by atoms with Crippen molar-refractivity contribution in [3.05, 3.63) is 24.3 Å². The molecule has 0 fully saturated rings. The molecule has 0 atom stereocenters. The Kier molecular flexibility index (Phi) is 5.39. The number of nitrogens with one attached hydrogen (secondary N) is 1. The SMILES string of the molecule is CCN(CC(=O)O)C(=O)Nc1ccc(OC(F)(F)F)cc1. The van der Waals surface area contributed by atoms with Crippen LogP contribution in [0.4, 0.5) is 23.7 Å². The molecule has 0 bridgehead atoms. The molecule has 0 heterocycles. The second-order valence-corrected chi connectivity index (χ2v) is 3.91. The number of ether oxygens (including phenoxy) is 1. The van der Waals surface area contributed by atoms with Gasteiger partial charge in [-0.3, -0.25) is 4.79 Å². The molecule has 0 aromatic heterocycles. The van der Waals surface area contributed by atoms with Gasteiger partial charge in [-0.05, 0) is 31.2 Å². The molecule has 1 rings (SSSR count). The van der Waals surface area contributed by atoms with Crippen LogP contribution in [-0.2, 0) is 4.79 Å². The molecular formula is C12H13F3N2O4. The number of aliphatic carboxylic acids is 1. The second kappa shape index (κ2) is 6.82. The van der Waals surface area contributed by atoms with Crippen molar-refractivity contribution in [2.24, 2.45) is 0 Å². The summed E-state index contributed by atoms with van der Waals surface area (Å²) in [4.78, 5) is 23.3. The van der Waals surface area contributed by atoms with E-state index in [0.717, 1.165) is 17.0 Å². The highest BCUT2D eigenvalue weighted by molar-refractivity contribution is 5.91. The van der Waals surface area contributed by atoms with E-state index in [1.54, 1.807) is 6.92 Å². The van der Waals surface area contributed by atoms with Crippen LogP contribution in [0.3, 0.4) is 0 Å². The zero-order chi connectivity index (χ0) is 16.0. The molecule has 1 aromatic carbocycles. The van der Waals surface area contributed by atoms with Crippen LogP contribution in [0.2, 0.25) is 0 Å². The van der Waals surface area contributed by atoms with Gasteiger partial charge in [-0.25, -0.2) is 4.79 Å². The van der Waals surface area contributed by atoms with Gasteiger partial charge in [-0.1, -0.05) is 0 Å². The maximum atomic E-state index is 12.0. The number of carboxylic acid groups (broad SMARTS) is 1. The number of urea groups is 1. The van der Waals surface area contributed by atoms with E-state index in [9.17, 15) is 22.8 Å². The highest BCUT2D eigenvalue weighted by Crippen LogP contribution is 2.24. The van der Waals surface area contributed by atoms with Crippen molar-refractivity contribution in [2.45, 2.75) is 13.3 Å². The van der Waals surface area contributed by atoms with Gasteiger partial charge in [-0.2, -0.15) is 0 Å². The number of alkyl halides is 3. The quantitative estimate of drug-likeness (QED) is 0.876. The van der Waals surface area contributed by atoms with Gasteiger partial charge in [0.05, 0.1) is 0 Å². The van der Waals surface area contributed by atoms with E-state index >= 15 is 0 Å². The minimum absolute atomic E-state index is 0.174. The molecule has 0 aliphatic carbocycles. The summed E-state index contributed by atoms with van der Waals surface area (Å²) in [5.74, 6) is -1.58. The fraction of sp³-hybridized carbons (Fsp3) is 0.333. The Bertz CT molecular complexity index is 502. The van der Waals surface area contributed by atoms with E-state index in [1.165, 1.54) is 12.1 Å². The predicted octanol–water partition coefficient (Wildman–Crippen LogP) is 2.52. The molecular weight excluding hydrogens is 293 g/mol. The third-order valence-electron chi connectivity index (χ3n) is 2.33. The molecule has 21 heavy (non-hydrogen) atoms. The van der Waals surface area contributed by atoms with Crippen molar-refractivity contribution in [2.75, 3.05) is 18.4 Å². The Morgan fingerprint density at radius 1 is 1.29 bits per heavy atom. The summed E-state index contributed by atoms with van der Waals surface area (Å²) >= 11 is 0. The summed E-state index contributed by atoms with van der Waals surface area (Å²) in [5, 5.41) is 11.0. The lowest BCUT2D eigenvalue weighted by Gasteiger charge is -2.19. The number of amides is 2. The average Bonchev–Trinajstić information content (AvgIpc) is 2.36. The fourth-order valence-electron chi connectivity index (χ4n) is 1.43. The summed E-state index contributed by atoms with van der Waals surface area (Å²) in [5.41, 5.74) is 0.221. The molecule has 116 valence electrons. The number of benzene rings is 1. The minimum atomic E-state index is -4.79. The lowest BCUT2D eigenvalue weighted by molar-refractivity contribution is -0.274. The van der Waals surface area contributed by atoms with Gasteiger partial charge in [0.2, 0.25) is 0 Å². The summed E-state index contributed by atoms with van der Waals surface area (Å²) in [6, 6.07) is 3.85. The summed E-state index contributed by atoms with van der Waals surface area (Å²) in [6.45, 7) is 1.30. The van der Waals surface area contributed by atoms with E-state index in [2.05, 4.69) is 10.1 Å². The molecule has 0 saturated carbocycles. The number of halogens is 3. The van der Waals surface area contributed by atoms with Crippen LogP contribution in [0.5, 0.6) is 5.75 Å². The molecule has 0 aliphatic heterocycles. The molecule has 0 unspecified atom stereocenters. The number of anilines is 1. The van der Waals surface area contributed by atoms with Gasteiger partial charge in [0, 0.05) is 12.2 Å². The minimum Gasteiger partial charge on any atom is -0.480 e. The van der Waals surface area contributed by atoms with Crippen LogP contribution < -0.4 is 10.1 Å². The van der Waals surface area contributed by atoms with Gasteiger partial charge in [0.1, 0.15) is 12.3 Å². The molecule has 2 amide bonds. The zero-order valence-electron chi connectivity index (χ0n) is 11.0. The molecule has 0 radical (unpaired) electrons. The Morgan fingerprint density at radius 2 is 1.86 bits per heavy atom. The summed E-state index contributed by atoms with van der Waals surface area (Å²) in [7, 11) is 0. The van der Waals surface area contributed by atoms with Gasteiger partial charge in [0.15, 0.2) is 0 Å².